The van der Waals surface area contributed by atoms with Crippen LogP contribution in [0, 0.1) is 10.1 Å². The number of nitro benzene ring substituents is 1. The second-order valence-electron chi connectivity index (χ2n) is 6.83. The van der Waals surface area contributed by atoms with Gasteiger partial charge in [0.05, 0.1) is 4.92 Å². The van der Waals surface area contributed by atoms with Crippen LogP contribution < -0.4 is 16.4 Å². The Morgan fingerprint density at radius 1 is 1.06 bits per heavy atom. The molecule has 9 nitrogen and oxygen atoms in total. The van der Waals surface area contributed by atoms with Gasteiger partial charge in [0, 0.05) is 54.8 Å². The van der Waals surface area contributed by atoms with E-state index in [0.29, 0.717) is 22.4 Å². The van der Waals surface area contributed by atoms with Crippen LogP contribution in [-0.2, 0) is 11.3 Å². The molecule has 31 heavy (non-hydrogen) atoms. The number of amides is 2. The van der Waals surface area contributed by atoms with E-state index in [2.05, 4.69) is 15.6 Å². The molecule has 1 unspecified atom stereocenters. The molecule has 1 aromatic heterocycles. The fourth-order valence-corrected chi connectivity index (χ4v) is 2.89. The molecule has 3 aromatic rings. The Hall–Kier alpha value is -4.11. The number of non-ortho nitro benzene ring substituents is 1. The van der Waals surface area contributed by atoms with Crippen LogP contribution in [0.4, 0.5) is 11.4 Å². The molecule has 3 rings (SSSR count). The van der Waals surface area contributed by atoms with Crippen LogP contribution in [0.3, 0.4) is 0 Å². The first-order valence-electron chi connectivity index (χ1n) is 9.49. The number of hydrogen-bond acceptors (Lipinski definition) is 6. The number of nitrogens with two attached hydrogens (primary N) is 1. The first kappa shape index (κ1) is 21.6. The van der Waals surface area contributed by atoms with Gasteiger partial charge in [-0.25, -0.2) is 0 Å². The van der Waals surface area contributed by atoms with Gasteiger partial charge >= 0.3 is 0 Å². The van der Waals surface area contributed by atoms with Gasteiger partial charge in [0.15, 0.2) is 0 Å². The summed E-state index contributed by atoms with van der Waals surface area (Å²) in [5.74, 6) is -0.542. The molecule has 158 valence electrons. The summed E-state index contributed by atoms with van der Waals surface area (Å²) in [6, 6.07) is 15.6. The Morgan fingerprint density at radius 2 is 1.77 bits per heavy atom. The third kappa shape index (κ3) is 6.18. The van der Waals surface area contributed by atoms with E-state index in [0.717, 1.165) is 0 Å². The maximum atomic E-state index is 12.3. The molecule has 1 atom stereocenters. The van der Waals surface area contributed by atoms with E-state index in [1.165, 1.54) is 12.1 Å². The number of anilines is 1. The van der Waals surface area contributed by atoms with Gasteiger partial charge in [-0.1, -0.05) is 24.3 Å². The molecular formula is C22H21N5O4. The number of pyridine rings is 1. The van der Waals surface area contributed by atoms with Crippen molar-refractivity contribution in [3.05, 3.63) is 99.9 Å². The Labute approximate surface area is 178 Å². The summed E-state index contributed by atoms with van der Waals surface area (Å²) in [6.45, 7) is 0.168. The number of nitro groups is 1. The third-order valence-electron chi connectivity index (χ3n) is 4.56. The minimum atomic E-state index is -0.553. The van der Waals surface area contributed by atoms with E-state index in [4.69, 9.17) is 5.73 Å². The van der Waals surface area contributed by atoms with Crippen molar-refractivity contribution in [1.29, 1.82) is 0 Å². The number of carbonyl (C=O) groups is 2. The number of rotatable bonds is 8. The molecule has 0 bridgehead atoms. The minimum Gasteiger partial charge on any atom is -0.352 e. The standard InChI is InChI=1S/C22H21N5O4/c23-20(13-21(28)25-14-15-2-1-3-19(12-15)27(30)31)16-4-6-17(7-5-16)22(29)26-18-8-10-24-11-9-18/h1-12,20H,13-14,23H2,(H,25,28)(H,24,26,29). The molecule has 2 aromatic carbocycles. The van der Waals surface area contributed by atoms with Crippen LogP contribution in [0.15, 0.2) is 73.1 Å². The zero-order chi connectivity index (χ0) is 22.2. The molecule has 1 heterocycles. The summed E-state index contributed by atoms with van der Waals surface area (Å²) in [4.78, 5) is 38.7. The lowest BCUT2D eigenvalue weighted by atomic mass is 10.0. The second kappa shape index (κ2) is 10.1. The van der Waals surface area contributed by atoms with Crippen LogP contribution in [0.1, 0.15) is 33.9 Å². The lowest BCUT2D eigenvalue weighted by Gasteiger charge is -2.13. The minimum absolute atomic E-state index is 0.0310. The fraction of sp³-hybridized carbons (Fsp3) is 0.136. The number of benzene rings is 2. The number of nitrogens with zero attached hydrogens (tertiary/aromatic N) is 2. The van der Waals surface area contributed by atoms with Gasteiger partial charge in [-0.05, 0) is 35.4 Å². The average molecular weight is 419 g/mol. The Morgan fingerprint density at radius 3 is 2.45 bits per heavy atom. The normalized spacial score (nSPS) is 11.4. The summed E-state index contributed by atoms with van der Waals surface area (Å²) < 4.78 is 0. The predicted octanol–water partition coefficient (Wildman–Crippen LogP) is 2.95. The highest BCUT2D eigenvalue weighted by Crippen LogP contribution is 2.17. The van der Waals surface area contributed by atoms with Gasteiger partial charge in [-0.15, -0.1) is 0 Å². The summed E-state index contributed by atoms with van der Waals surface area (Å²) in [6.07, 6.45) is 3.21. The van der Waals surface area contributed by atoms with Gasteiger partial charge in [-0.2, -0.15) is 0 Å². The summed E-state index contributed by atoms with van der Waals surface area (Å²) in [7, 11) is 0. The van der Waals surface area contributed by atoms with Crippen molar-refractivity contribution in [2.45, 2.75) is 19.0 Å². The number of aromatic nitrogens is 1. The topological polar surface area (TPSA) is 140 Å². The molecule has 0 radical (unpaired) electrons. The van der Waals surface area contributed by atoms with Crippen LogP contribution >= 0.6 is 0 Å². The molecular weight excluding hydrogens is 398 g/mol. The lowest BCUT2D eigenvalue weighted by molar-refractivity contribution is -0.384. The molecule has 0 aliphatic carbocycles. The van der Waals surface area contributed by atoms with Crippen molar-refractivity contribution < 1.29 is 14.5 Å². The van der Waals surface area contributed by atoms with E-state index < -0.39 is 11.0 Å². The van der Waals surface area contributed by atoms with Gasteiger partial charge in [-0.3, -0.25) is 24.7 Å². The monoisotopic (exact) mass is 419 g/mol. The fourth-order valence-electron chi connectivity index (χ4n) is 2.89. The van der Waals surface area contributed by atoms with E-state index in [9.17, 15) is 19.7 Å². The summed E-state index contributed by atoms with van der Waals surface area (Å²) >= 11 is 0. The van der Waals surface area contributed by atoms with Gasteiger partial charge in [0.25, 0.3) is 11.6 Å². The zero-order valence-corrected chi connectivity index (χ0v) is 16.5. The van der Waals surface area contributed by atoms with Gasteiger partial charge in [0.1, 0.15) is 0 Å². The molecule has 9 heteroatoms. The van der Waals surface area contributed by atoms with Gasteiger partial charge < -0.3 is 16.4 Å². The Kier molecular flexibility index (Phi) is 7.02. The molecule has 0 fully saturated rings. The molecule has 4 N–H and O–H groups in total. The summed E-state index contributed by atoms with van der Waals surface area (Å²) in [5, 5.41) is 16.3. The predicted molar refractivity (Wildman–Crippen MR) is 115 cm³/mol. The van der Waals surface area contributed by atoms with Crippen molar-refractivity contribution in [3.63, 3.8) is 0 Å². The number of hydrogen-bond donors (Lipinski definition) is 3. The molecule has 0 saturated heterocycles. The SMILES string of the molecule is NC(CC(=O)NCc1cccc([N+](=O)[O-])c1)c1ccc(C(=O)Nc2ccncc2)cc1. The maximum Gasteiger partial charge on any atom is 0.269 e. The molecule has 0 saturated carbocycles. The first-order chi connectivity index (χ1) is 14.9. The Balaban J connectivity index is 1.52. The largest absolute Gasteiger partial charge is 0.352 e. The molecule has 2 amide bonds. The first-order valence-corrected chi connectivity index (χ1v) is 9.49. The van der Waals surface area contributed by atoms with E-state index in [1.807, 2.05) is 0 Å². The number of nitrogens with one attached hydrogen (secondary N) is 2. The smallest absolute Gasteiger partial charge is 0.269 e. The van der Waals surface area contributed by atoms with Gasteiger partial charge in [0.2, 0.25) is 5.91 Å². The van der Waals surface area contributed by atoms with E-state index in [-0.39, 0.29) is 30.5 Å². The van der Waals surface area contributed by atoms with Crippen molar-refractivity contribution >= 4 is 23.2 Å². The quantitative estimate of drug-likeness (QED) is 0.379. The molecule has 0 spiro atoms. The highest BCUT2D eigenvalue weighted by atomic mass is 16.6. The maximum absolute atomic E-state index is 12.3. The molecule has 0 aliphatic heterocycles. The van der Waals surface area contributed by atoms with Crippen molar-refractivity contribution in [1.82, 2.24) is 10.3 Å². The van der Waals surface area contributed by atoms with Crippen molar-refractivity contribution in [2.75, 3.05) is 5.32 Å². The molecule has 0 aliphatic rings. The van der Waals surface area contributed by atoms with Crippen molar-refractivity contribution in [3.8, 4) is 0 Å². The summed E-state index contributed by atoms with van der Waals surface area (Å²) in [5.41, 5.74) is 8.53. The van der Waals surface area contributed by atoms with E-state index >= 15 is 0 Å². The van der Waals surface area contributed by atoms with Crippen LogP contribution in [0.2, 0.25) is 0 Å². The van der Waals surface area contributed by atoms with Crippen LogP contribution in [0.5, 0.6) is 0 Å². The lowest BCUT2D eigenvalue weighted by Crippen LogP contribution is -2.27. The average Bonchev–Trinajstić information content (AvgIpc) is 2.78. The van der Waals surface area contributed by atoms with Crippen molar-refractivity contribution in [2.24, 2.45) is 5.73 Å². The highest BCUT2D eigenvalue weighted by molar-refractivity contribution is 6.04. The zero-order valence-electron chi connectivity index (χ0n) is 16.5. The second-order valence-corrected chi connectivity index (χ2v) is 6.83. The van der Waals surface area contributed by atoms with Crippen LogP contribution in [-0.4, -0.2) is 21.7 Å². The third-order valence-corrected chi connectivity index (χ3v) is 4.56. The Bertz CT molecular complexity index is 1070. The number of carbonyl (C=O) groups excluding carboxylic acids is 2. The highest BCUT2D eigenvalue weighted by Gasteiger charge is 2.14. The van der Waals surface area contributed by atoms with Crippen LogP contribution in [0.25, 0.3) is 0 Å². The van der Waals surface area contributed by atoms with E-state index in [1.54, 1.807) is 60.9 Å².